The SMILES string of the molecule is Cc1cc(Cl)ccc1NC(=O)c1ccccc1SCC(=O)NCC1CCCCC1. The van der Waals surface area contributed by atoms with Crippen LogP contribution in [-0.4, -0.2) is 24.1 Å². The van der Waals surface area contributed by atoms with Crippen molar-refractivity contribution in [1.29, 1.82) is 0 Å². The van der Waals surface area contributed by atoms with Gasteiger partial charge >= 0.3 is 0 Å². The van der Waals surface area contributed by atoms with Gasteiger partial charge in [0.05, 0.1) is 11.3 Å². The van der Waals surface area contributed by atoms with Gasteiger partial charge in [-0.15, -0.1) is 11.8 Å². The first-order valence-electron chi connectivity index (χ1n) is 10.1. The quantitative estimate of drug-likeness (QED) is 0.555. The van der Waals surface area contributed by atoms with E-state index in [1.807, 2.05) is 31.2 Å². The molecule has 0 atom stereocenters. The number of hydrogen-bond donors (Lipinski definition) is 2. The lowest BCUT2D eigenvalue weighted by atomic mass is 9.89. The molecular weight excluding hydrogens is 404 g/mol. The highest BCUT2D eigenvalue weighted by Crippen LogP contribution is 2.26. The lowest BCUT2D eigenvalue weighted by Gasteiger charge is -2.21. The fourth-order valence-corrected chi connectivity index (χ4v) is 4.69. The molecule has 29 heavy (non-hydrogen) atoms. The Hall–Kier alpha value is -1.98. The summed E-state index contributed by atoms with van der Waals surface area (Å²) in [5, 5.41) is 6.62. The topological polar surface area (TPSA) is 58.2 Å². The minimum Gasteiger partial charge on any atom is -0.355 e. The molecule has 0 unspecified atom stereocenters. The maximum Gasteiger partial charge on any atom is 0.256 e. The molecule has 0 spiro atoms. The number of carbonyl (C=O) groups excluding carboxylic acids is 2. The van der Waals surface area contributed by atoms with Gasteiger partial charge in [0.2, 0.25) is 5.91 Å². The van der Waals surface area contributed by atoms with Crippen molar-refractivity contribution in [3.8, 4) is 0 Å². The van der Waals surface area contributed by atoms with Crippen LogP contribution in [0.4, 0.5) is 5.69 Å². The molecule has 0 saturated heterocycles. The predicted molar refractivity (Wildman–Crippen MR) is 121 cm³/mol. The van der Waals surface area contributed by atoms with Crippen LogP contribution in [0.15, 0.2) is 47.4 Å². The van der Waals surface area contributed by atoms with Crippen LogP contribution in [0.25, 0.3) is 0 Å². The van der Waals surface area contributed by atoms with E-state index in [0.717, 1.165) is 22.7 Å². The molecule has 1 fully saturated rings. The van der Waals surface area contributed by atoms with E-state index < -0.39 is 0 Å². The number of anilines is 1. The molecular formula is C23H27ClN2O2S. The number of benzene rings is 2. The van der Waals surface area contributed by atoms with Gasteiger partial charge in [0.1, 0.15) is 0 Å². The van der Waals surface area contributed by atoms with E-state index >= 15 is 0 Å². The average molecular weight is 431 g/mol. The Morgan fingerprint density at radius 3 is 2.62 bits per heavy atom. The number of amides is 2. The summed E-state index contributed by atoms with van der Waals surface area (Å²) < 4.78 is 0. The van der Waals surface area contributed by atoms with Crippen molar-refractivity contribution in [3.05, 3.63) is 58.6 Å². The molecule has 2 aromatic carbocycles. The van der Waals surface area contributed by atoms with Crippen molar-refractivity contribution in [1.82, 2.24) is 5.32 Å². The molecule has 0 heterocycles. The Labute approximate surface area is 181 Å². The average Bonchev–Trinajstić information content (AvgIpc) is 2.73. The Bertz CT molecular complexity index is 866. The first-order valence-corrected chi connectivity index (χ1v) is 11.5. The molecule has 1 aliphatic carbocycles. The van der Waals surface area contributed by atoms with E-state index in [-0.39, 0.29) is 11.8 Å². The van der Waals surface area contributed by atoms with E-state index in [1.165, 1.54) is 43.9 Å². The number of thioether (sulfide) groups is 1. The fraction of sp³-hybridized carbons (Fsp3) is 0.391. The van der Waals surface area contributed by atoms with Crippen LogP contribution < -0.4 is 10.6 Å². The molecule has 3 rings (SSSR count). The van der Waals surface area contributed by atoms with Crippen LogP contribution in [-0.2, 0) is 4.79 Å². The lowest BCUT2D eigenvalue weighted by molar-refractivity contribution is -0.118. The molecule has 154 valence electrons. The van der Waals surface area contributed by atoms with Gasteiger partial charge in [-0.05, 0) is 61.6 Å². The number of nitrogens with one attached hydrogen (secondary N) is 2. The first-order chi connectivity index (χ1) is 14.0. The molecule has 4 nitrogen and oxygen atoms in total. The Morgan fingerprint density at radius 2 is 1.86 bits per heavy atom. The van der Waals surface area contributed by atoms with Gasteiger partial charge in [-0.1, -0.05) is 43.0 Å². The minimum atomic E-state index is -0.193. The highest BCUT2D eigenvalue weighted by molar-refractivity contribution is 8.00. The summed E-state index contributed by atoms with van der Waals surface area (Å²) >= 11 is 7.38. The van der Waals surface area contributed by atoms with Gasteiger partial charge in [-0.25, -0.2) is 0 Å². The summed E-state index contributed by atoms with van der Waals surface area (Å²) in [6.07, 6.45) is 6.27. The van der Waals surface area contributed by atoms with Crippen molar-refractivity contribution in [3.63, 3.8) is 0 Å². The second kappa shape index (κ2) is 10.7. The minimum absolute atomic E-state index is 0.0179. The van der Waals surface area contributed by atoms with Crippen molar-refractivity contribution < 1.29 is 9.59 Å². The van der Waals surface area contributed by atoms with Gasteiger partial charge in [-0.3, -0.25) is 9.59 Å². The summed E-state index contributed by atoms with van der Waals surface area (Å²) in [4.78, 5) is 25.8. The zero-order valence-corrected chi connectivity index (χ0v) is 18.2. The van der Waals surface area contributed by atoms with Crippen LogP contribution in [0.2, 0.25) is 5.02 Å². The van der Waals surface area contributed by atoms with E-state index in [4.69, 9.17) is 11.6 Å². The van der Waals surface area contributed by atoms with Crippen LogP contribution in [0.1, 0.15) is 48.0 Å². The van der Waals surface area contributed by atoms with Gasteiger partial charge in [-0.2, -0.15) is 0 Å². The monoisotopic (exact) mass is 430 g/mol. The van der Waals surface area contributed by atoms with Crippen LogP contribution >= 0.6 is 23.4 Å². The summed E-state index contributed by atoms with van der Waals surface area (Å²) in [5.74, 6) is 0.737. The van der Waals surface area contributed by atoms with E-state index in [2.05, 4.69) is 10.6 Å². The van der Waals surface area contributed by atoms with Crippen molar-refractivity contribution >= 4 is 40.9 Å². The predicted octanol–water partition coefficient (Wildman–Crippen LogP) is 5.69. The molecule has 6 heteroatoms. The molecule has 2 N–H and O–H groups in total. The van der Waals surface area contributed by atoms with Crippen LogP contribution in [0.3, 0.4) is 0 Å². The zero-order chi connectivity index (χ0) is 20.6. The van der Waals surface area contributed by atoms with Crippen molar-refractivity contribution in [2.75, 3.05) is 17.6 Å². The highest BCUT2D eigenvalue weighted by atomic mass is 35.5. The van der Waals surface area contributed by atoms with E-state index in [1.54, 1.807) is 18.2 Å². The number of aryl methyl sites for hydroxylation is 1. The number of rotatable bonds is 7. The van der Waals surface area contributed by atoms with Gasteiger partial charge in [0, 0.05) is 22.2 Å². The van der Waals surface area contributed by atoms with Crippen molar-refractivity contribution in [2.45, 2.75) is 43.9 Å². The Kier molecular flexibility index (Phi) is 8.01. The molecule has 0 radical (unpaired) electrons. The maximum absolute atomic E-state index is 12.8. The smallest absolute Gasteiger partial charge is 0.256 e. The zero-order valence-electron chi connectivity index (χ0n) is 16.7. The summed E-state index contributed by atoms with van der Waals surface area (Å²) in [5.41, 5.74) is 2.19. The molecule has 1 saturated carbocycles. The molecule has 0 aliphatic heterocycles. The Morgan fingerprint density at radius 1 is 1.10 bits per heavy atom. The van der Waals surface area contributed by atoms with E-state index in [9.17, 15) is 9.59 Å². The first kappa shape index (κ1) is 21.7. The normalized spacial score (nSPS) is 14.4. The third-order valence-electron chi connectivity index (χ3n) is 5.24. The van der Waals surface area contributed by atoms with Crippen LogP contribution in [0, 0.1) is 12.8 Å². The largest absolute Gasteiger partial charge is 0.355 e. The molecule has 1 aliphatic rings. The lowest BCUT2D eigenvalue weighted by Crippen LogP contribution is -2.31. The number of hydrogen-bond acceptors (Lipinski definition) is 3. The summed E-state index contributed by atoms with van der Waals surface area (Å²) in [7, 11) is 0. The van der Waals surface area contributed by atoms with Crippen LogP contribution in [0.5, 0.6) is 0 Å². The molecule has 0 bridgehead atoms. The highest BCUT2D eigenvalue weighted by Gasteiger charge is 2.16. The van der Waals surface area contributed by atoms with Crippen molar-refractivity contribution in [2.24, 2.45) is 5.92 Å². The number of halogens is 1. The second-order valence-corrected chi connectivity index (χ2v) is 8.96. The second-order valence-electron chi connectivity index (χ2n) is 7.51. The summed E-state index contributed by atoms with van der Waals surface area (Å²) in [6, 6.07) is 12.7. The van der Waals surface area contributed by atoms with Gasteiger partial charge in [0.25, 0.3) is 5.91 Å². The van der Waals surface area contributed by atoms with E-state index in [0.29, 0.717) is 22.3 Å². The molecule has 0 aromatic heterocycles. The number of carbonyl (C=O) groups is 2. The van der Waals surface area contributed by atoms with Gasteiger partial charge < -0.3 is 10.6 Å². The maximum atomic E-state index is 12.8. The van der Waals surface area contributed by atoms with Gasteiger partial charge in [0.15, 0.2) is 0 Å². The Balaban J connectivity index is 1.56. The third kappa shape index (κ3) is 6.51. The summed E-state index contributed by atoms with van der Waals surface area (Å²) in [6.45, 7) is 2.66. The fourth-order valence-electron chi connectivity index (χ4n) is 3.58. The standard InChI is InChI=1S/C23H27ClN2O2S/c1-16-13-18(24)11-12-20(16)26-23(28)19-9-5-6-10-21(19)29-15-22(27)25-14-17-7-3-2-4-8-17/h5-6,9-13,17H,2-4,7-8,14-15H2,1H3,(H,25,27)(H,26,28). The third-order valence-corrected chi connectivity index (χ3v) is 6.55. The molecule has 2 aromatic rings. The molecule has 2 amide bonds.